The summed E-state index contributed by atoms with van der Waals surface area (Å²) >= 11 is 0. The third kappa shape index (κ3) is 1.79. The zero-order chi connectivity index (χ0) is 9.80. The molecule has 0 aliphatic rings. The van der Waals surface area contributed by atoms with Crippen LogP contribution in [0.2, 0.25) is 0 Å². The minimum Gasteiger partial charge on any atom is -0.496 e. The van der Waals surface area contributed by atoms with Gasteiger partial charge in [-0.15, -0.1) is 0 Å². The fourth-order valence-electron chi connectivity index (χ4n) is 1.51. The maximum absolute atomic E-state index is 5.28. The molecular formula is C12H13NO. The summed E-state index contributed by atoms with van der Waals surface area (Å²) in [4.78, 5) is 0. The Morgan fingerprint density at radius 1 is 1.07 bits per heavy atom. The van der Waals surface area contributed by atoms with Gasteiger partial charge in [0.25, 0.3) is 0 Å². The van der Waals surface area contributed by atoms with Crippen LogP contribution in [0, 0.1) is 0 Å². The lowest BCUT2D eigenvalue weighted by Gasteiger charge is -2.08. The van der Waals surface area contributed by atoms with Crippen LogP contribution in [0.5, 0.6) is 5.75 Å². The van der Waals surface area contributed by atoms with Crippen molar-refractivity contribution in [3.05, 3.63) is 54.4 Å². The summed E-state index contributed by atoms with van der Waals surface area (Å²) in [5.74, 6) is 0.946. The average molecular weight is 187 g/mol. The Balaban J connectivity index is 2.24. The van der Waals surface area contributed by atoms with E-state index < -0.39 is 0 Å². The molecule has 14 heavy (non-hydrogen) atoms. The highest BCUT2D eigenvalue weighted by atomic mass is 16.5. The van der Waals surface area contributed by atoms with Gasteiger partial charge in [-0.1, -0.05) is 18.2 Å². The number of benzene rings is 1. The maximum atomic E-state index is 5.28. The minimum absolute atomic E-state index is 0.858. The summed E-state index contributed by atoms with van der Waals surface area (Å²) in [7, 11) is 1.70. The molecule has 0 unspecified atom stereocenters. The van der Waals surface area contributed by atoms with Crippen molar-refractivity contribution < 1.29 is 4.74 Å². The summed E-state index contributed by atoms with van der Waals surface area (Å²) in [5, 5.41) is 0. The molecule has 0 N–H and O–H groups in total. The van der Waals surface area contributed by atoms with E-state index in [2.05, 4.69) is 10.6 Å². The van der Waals surface area contributed by atoms with E-state index >= 15 is 0 Å². The lowest BCUT2D eigenvalue weighted by molar-refractivity contribution is 0.408. The van der Waals surface area contributed by atoms with E-state index in [1.165, 1.54) is 5.56 Å². The van der Waals surface area contributed by atoms with E-state index in [4.69, 9.17) is 4.74 Å². The van der Waals surface area contributed by atoms with E-state index in [9.17, 15) is 0 Å². The van der Waals surface area contributed by atoms with Gasteiger partial charge in [0.2, 0.25) is 0 Å². The normalized spacial score (nSPS) is 10.1. The van der Waals surface area contributed by atoms with Gasteiger partial charge >= 0.3 is 0 Å². The Labute approximate surface area is 83.8 Å². The van der Waals surface area contributed by atoms with Crippen LogP contribution in [0.25, 0.3) is 0 Å². The van der Waals surface area contributed by atoms with Gasteiger partial charge in [0.05, 0.1) is 13.7 Å². The summed E-state index contributed by atoms with van der Waals surface area (Å²) < 4.78 is 7.40. The fourth-order valence-corrected chi connectivity index (χ4v) is 1.51. The van der Waals surface area contributed by atoms with Gasteiger partial charge in [0.15, 0.2) is 0 Å². The minimum atomic E-state index is 0.858. The van der Waals surface area contributed by atoms with E-state index in [-0.39, 0.29) is 0 Å². The van der Waals surface area contributed by atoms with Crippen molar-refractivity contribution in [3.63, 3.8) is 0 Å². The second-order valence-corrected chi connectivity index (χ2v) is 3.17. The third-order valence-electron chi connectivity index (χ3n) is 2.21. The van der Waals surface area contributed by atoms with Crippen LogP contribution in [0.3, 0.4) is 0 Å². The van der Waals surface area contributed by atoms with Crippen LogP contribution in [-0.2, 0) is 6.54 Å². The lowest BCUT2D eigenvalue weighted by Crippen LogP contribution is -1.98. The first-order chi connectivity index (χ1) is 6.90. The molecule has 2 nitrogen and oxygen atoms in total. The maximum Gasteiger partial charge on any atom is 0.123 e. The first-order valence-electron chi connectivity index (χ1n) is 4.63. The molecule has 0 spiro atoms. The molecule has 1 aromatic carbocycles. The van der Waals surface area contributed by atoms with E-state index in [1.807, 2.05) is 42.7 Å². The van der Waals surface area contributed by atoms with Crippen molar-refractivity contribution >= 4 is 0 Å². The van der Waals surface area contributed by atoms with Gasteiger partial charge in [-0.2, -0.15) is 0 Å². The smallest absolute Gasteiger partial charge is 0.123 e. The van der Waals surface area contributed by atoms with Crippen LogP contribution in [0.15, 0.2) is 48.8 Å². The number of ether oxygens (including phenoxy) is 1. The number of rotatable bonds is 3. The van der Waals surface area contributed by atoms with Crippen LogP contribution >= 0.6 is 0 Å². The van der Waals surface area contributed by atoms with Gasteiger partial charge in [-0.25, -0.2) is 0 Å². The number of nitrogens with zero attached hydrogens (tertiary/aromatic N) is 1. The van der Waals surface area contributed by atoms with Crippen molar-refractivity contribution in [2.75, 3.05) is 7.11 Å². The highest BCUT2D eigenvalue weighted by Gasteiger charge is 2.00. The molecule has 1 aromatic heterocycles. The molecule has 0 saturated carbocycles. The first kappa shape index (κ1) is 8.88. The average Bonchev–Trinajstić information content (AvgIpc) is 2.71. The van der Waals surface area contributed by atoms with Crippen LogP contribution in [0.1, 0.15) is 5.56 Å². The third-order valence-corrected chi connectivity index (χ3v) is 2.21. The molecule has 0 fully saturated rings. The highest BCUT2D eigenvalue weighted by molar-refractivity contribution is 5.33. The number of methoxy groups -OCH3 is 1. The Bertz CT molecular complexity index is 392. The monoisotopic (exact) mass is 187 g/mol. The molecule has 0 atom stereocenters. The molecule has 0 amide bonds. The van der Waals surface area contributed by atoms with Gasteiger partial charge in [-0.3, -0.25) is 0 Å². The van der Waals surface area contributed by atoms with Gasteiger partial charge in [0.1, 0.15) is 5.75 Å². The van der Waals surface area contributed by atoms with Crippen molar-refractivity contribution in [1.82, 2.24) is 4.57 Å². The summed E-state index contributed by atoms with van der Waals surface area (Å²) in [6, 6.07) is 12.1. The Hall–Kier alpha value is -1.70. The largest absolute Gasteiger partial charge is 0.496 e. The van der Waals surface area contributed by atoms with Crippen molar-refractivity contribution in [2.24, 2.45) is 0 Å². The van der Waals surface area contributed by atoms with Crippen molar-refractivity contribution in [3.8, 4) is 5.75 Å². The molecule has 2 heteroatoms. The molecule has 1 heterocycles. The predicted octanol–water partition coefficient (Wildman–Crippen LogP) is 2.55. The zero-order valence-electron chi connectivity index (χ0n) is 8.18. The van der Waals surface area contributed by atoms with E-state index in [1.54, 1.807) is 7.11 Å². The Morgan fingerprint density at radius 2 is 1.79 bits per heavy atom. The quantitative estimate of drug-likeness (QED) is 0.720. The lowest BCUT2D eigenvalue weighted by atomic mass is 10.2. The Morgan fingerprint density at radius 3 is 2.50 bits per heavy atom. The molecule has 72 valence electrons. The number of hydrogen-bond acceptors (Lipinski definition) is 1. The van der Waals surface area contributed by atoms with Crippen molar-refractivity contribution in [2.45, 2.75) is 6.54 Å². The predicted molar refractivity (Wildman–Crippen MR) is 56.5 cm³/mol. The summed E-state index contributed by atoms with van der Waals surface area (Å²) in [6.45, 7) is 0.858. The molecule has 0 radical (unpaired) electrons. The molecule has 0 aliphatic carbocycles. The zero-order valence-corrected chi connectivity index (χ0v) is 8.18. The number of aromatic nitrogens is 1. The molecule has 0 bridgehead atoms. The standard InChI is InChI=1S/C12H13NO/c1-14-12-7-3-2-6-11(12)10-13-8-4-5-9-13/h2-9H,10H2,1H3. The molecule has 0 saturated heterocycles. The second-order valence-electron chi connectivity index (χ2n) is 3.17. The van der Waals surface area contributed by atoms with Crippen molar-refractivity contribution in [1.29, 1.82) is 0 Å². The van der Waals surface area contributed by atoms with Gasteiger partial charge in [0, 0.05) is 18.0 Å². The van der Waals surface area contributed by atoms with Crippen LogP contribution in [-0.4, -0.2) is 11.7 Å². The fraction of sp³-hybridized carbons (Fsp3) is 0.167. The first-order valence-corrected chi connectivity index (χ1v) is 4.63. The van der Waals surface area contributed by atoms with Crippen LogP contribution < -0.4 is 4.74 Å². The van der Waals surface area contributed by atoms with Crippen LogP contribution in [0.4, 0.5) is 0 Å². The molecule has 2 rings (SSSR count). The second kappa shape index (κ2) is 4.01. The molecule has 2 aromatic rings. The Kier molecular flexibility index (Phi) is 2.54. The van der Waals surface area contributed by atoms with E-state index in [0.717, 1.165) is 12.3 Å². The summed E-state index contributed by atoms with van der Waals surface area (Å²) in [5.41, 5.74) is 1.20. The van der Waals surface area contributed by atoms with Gasteiger partial charge in [-0.05, 0) is 18.2 Å². The highest BCUT2D eigenvalue weighted by Crippen LogP contribution is 2.18. The number of para-hydroxylation sites is 1. The SMILES string of the molecule is COc1ccccc1Cn1cccc1. The van der Waals surface area contributed by atoms with Gasteiger partial charge < -0.3 is 9.30 Å². The molecular weight excluding hydrogens is 174 g/mol. The number of hydrogen-bond donors (Lipinski definition) is 0. The molecule has 0 aliphatic heterocycles. The summed E-state index contributed by atoms with van der Waals surface area (Å²) in [6.07, 6.45) is 4.10. The van der Waals surface area contributed by atoms with E-state index in [0.29, 0.717) is 0 Å². The topological polar surface area (TPSA) is 14.2 Å².